The number of hydrogen-bond acceptors (Lipinski definition) is 3. The van der Waals surface area contributed by atoms with Crippen molar-refractivity contribution in [2.45, 2.75) is 25.8 Å². The first-order valence-electron chi connectivity index (χ1n) is 7.02. The number of carbonyl (C=O) groups is 1. The quantitative estimate of drug-likeness (QED) is 0.887. The molecule has 0 fully saturated rings. The Morgan fingerprint density at radius 1 is 1.24 bits per heavy atom. The molecule has 0 aliphatic carbocycles. The highest BCUT2D eigenvalue weighted by molar-refractivity contribution is 5.76. The first-order valence-corrected chi connectivity index (χ1v) is 7.02. The van der Waals surface area contributed by atoms with Crippen LogP contribution in [0.1, 0.15) is 30.6 Å². The van der Waals surface area contributed by atoms with Crippen LogP contribution < -0.4 is 10.1 Å². The molecule has 1 atom stereocenters. The summed E-state index contributed by atoms with van der Waals surface area (Å²) in [5.74, 6) is 0.857. The molecule has 0 radical (unpaired) electrons. The summed E-state index contributed by atoms with van der Waals surface area (Å²) in [6.45, 7) is 1.94. The van der Waals surface area contributed by atoms with Crippen LogP contribution >= 0.6 is 0 Å². The van der Waals surface area contributed by atoms with Crippen LogP contribution in [-0.2, 0) is 11.2 Å². The first-order chi connectivity index (χ1) is 10.2. The Morgan fingerprint density at radius 3 is 2.62 bits per heavy atom. The Labute approximate surface area is 125 Å². The fourth-order valence-electron chi connectivity index (χ4n) is 2.07. The normalized spacial score (nSPS) is 11.7. The number of ether oxygens (including phenoxy) is 1. The summed E-state index contributed by atoms with van der Waals surface area (Å²) in [6.07, 6.45) is 2.91. The predicted octanol–water partition coefficient (Wildman–Crippen LogP) is 2.90. The molecular formula is C17H20N2O2. The van der Waals surface area contributed by atoms with Gasteiger partial charge < -0.3 is 10.1 Å². The molecule has 21 heavy (non-hydrogen) atoms. The van der Waals surface area contributed by atoms with E-state index in [0.717, 1.165) is 17.0 Å². The van der Waals surface area contributed by atoms with Crippen LogP contribution in [0, 0.1) is 0 Å². The van der Waals surface area contributed by atoms with Gasteiger partial charge in [-0.1, -0.05) is 18.2 Å². The molecule has 0 saturated carbocycles. The molecule has 110 valence electrons. The Kier molecular flexibility index (Phi) is 5.32. The van der Waals surface area contributed by atoms with Gasteiger partial charge in [-0.05, 0) is 43.2 Å². The monoisotopic (exact) mass is 284 g/mol. The number of benzene rings is 1. The summed E-state index contributed by atoms with van der Waals surface area (Å²) < 4.78 is 5.11. The van der Waals surface area contributed by atoms with Gasteiger partial charge in [0.2, 0.25) is 5.91 Å². The second kappa shape index (κ2) is 7.43. The van der Waals surface area contributed by atoms with Crippen LogP contribution in [0.3, 0.4) is 0 Å². The number of methoxy groups -OCH3 is 1. The minimum Gasteiger partial charge on any atom is -0.497 e. The van der Waals surface area contributed by atoms with E-state index in [1.807, 2.05) is 49.4 Å². The highest BCUT2D eigenvalue weighted by atomic mass is 16.5. The van der Waals surface area contributed by atoms with Gasteiger partial charge in [-0.3, -0.25) is 9.78 Å². The molecule has 0 unspecified atom stereocenters. The van der Waals surface area contributed by atoms with E-state index in [2.05, 4.69) is 10.3 Å². The lowest BCUT2D eigenvalue weighted by atomic mass is 10.1. The topological polar surface area (TPSA) is 51.2 Å². The molecule has 1 N–H and O–H groups in total. The van der Waals surface area contributed by atoms with Crippen molar-refractivity contribution in [3.8, 4) is 5.75 Å². The fraction of sp³-hybridized carbons (Fsp3) is 0.294. The minimum absolute atomic E-state index is 0.0315. The van der Waals surface area contributed by atoms with Gasteiger partial charge in [0, 0.05) is 12.6 Å². The van der Waals surface area contributed by atoms with Gasteiger partial charge in [-0.15, -0.1) is 0 Å². The molecule has 0 aliphatic rings. The maximum absolute atomic E-state index is 12.0. The summed E-state index contributed by atoms with van der Waals surface area (Å²) in [6, 6.07) is 13.4. The molecule has 2 aromatic rings. The van der Waals surface area contributed by atoms with Crippen LogP contribution in [-0.4, -0.2) is 18.0 Å². The number of nitrogens with one attached hydrogen (secondary N) is 1. The number of amides is 1. The minimum atomic E-state index is -0.0745. The van der Waals surface area contributed by atoms with E-state index in [9.17, 15) is 4.79 Å². The molecular weight excluding hydrogens is 264 g/mol. The van der Waals surface area contributed by atoms with Crippen LogP contribution in [0.15, 0.2) is 48.7 Å². The second-order valence-corrected chi connectivity index (χ2v) is 4.89. The van der Waals surface area contributed by atoms with Crippen molar-refractivity contribution in [1.82, 2.24) is 10.3 Å². The van der Waals surface area contributed by atoms with Gasteiger partial charge in [0.05, 0.1) is 18.8 Å². The summed E-state index contributed by atoms with van der Waals surface area (Å²) in [5.41, 5.74) is 1.99. The van der Waals surface area contributed by atoms with E-state index in [4.69, 9.17) is 4.74 Å². The lowest BCUT2D eigenvalue weighted by Gasteiger charge is -2.13. The average molecular weight is 284 g/mol. The van der Waals surface area contributed by atoms with Crippen molar-refractivity contribution >= 4 is 5.91 Å². The van der Waals surface area contributed by atoms with Gasteiger partial charge in [-0.2, -0.15) is 0 Å². The standard InChI is InChI=1S/C17H20N2O2/c1-13(16-5-3-4-12-18-16)19-17(20)11-8-14-6-9-15(21-2)10-7-14/h3-7,9-10,12-13H,8,11H2,1-2H3,(H,19,20)/t13-/m1/s1. The molecule has 1 heterocycles. The highest BCUT2D eigenvalue weighted by Gasteiger charge is 2.10. The molecule has 4 nitrogen and oxygen atoms in total. The summed E-state index contributed by atoms with van der Waals surface area (Å²) >= 11 is 0. The maximum Gasteiger partial charge on any atom is 0.220 e. The molecule has 2 rings (SSSR count). The van der Waals surface area contributed by atoms with Gasteiger partial charge in [-0.25, -0.2) is 0 Å². The van der Waals surface area contributed by atoms with E-state index in [-0.39, 0.29) is 11.9 Å². The molecule has 1 aromatic heterocycles. The van der Waals surface area contributed by atoms with Gasteiger partial charge in [0.25, 0.3) is 0 Å². The van der Waals surface area contributed by atoms with E-state index in [1.165, 1.54) is 0 Å². The summed E-state index contributed by atoms with van der Waals surface area (Å²) in [7, 11) is 1.64. The Bertz CT molecular complexity index is 567. The van der Waals surface area contributed by atoms with E-state index in [1.54, 1.807) is 13.3 Å². The second-order valence-electron chi connectivity index (χ2n) is 4.89. The number of carbonyl (C=O) groups excluding carboxylic acids is 1. The molecule has 0 aliphatic heterocycles. The first kappa shape index (κ1) is 15.0. The Balaban J connectivity index is 1.81. The maximum atomic E-state index is 12.0. The van der Waals surface area contributed by atoms with Gasteiger partial charge in [0.1, 0.15) is 5.75 Å². The van der Waals surface area contributed by atoms with E-state index < -0.39 is 0 Å². The lowest BCUT2D eigenvalue weighted by molar-refractivity contribution is -0.121. The van der Waals surface area contributed by atoms with Crippen molar-refractivity contribution in [3.63, 3.8) is 0 Å². The highest BCUT2D eigenvalue weighted by Crippen LogP contribution is 2.13. The zero-order valence-corrected chi connectivity index (χ0v) is 12.4. The van der Waals surface area contributed by atoms with Crippen LogP contribution in [0.5, 0.6) is 5.75 Å². The van der Waals surface area contributed by atoms with Crippen LogP contribution in [0.2, 0.25) is 0 Å². The largest absolute Gasteiger partial charge is 0.497 e. The Hall–Kier alpha value is -2.36. The van der Waals surface area contributed by atoms with Crippen molar-refractivity contribution < 1.29 is 9.53 Å². The summed E-state index contributed by atoms with van der Waals surface area (Å²) in [5, 5.41) is 2.96. The van der Waals surface area contributed by atoms with Crippen molar-refractivity contribution in [1.29, 1.82) is 0 Å². The Morgan fingerprint density at radius 2 is 2.00 bits per heavy atom. The summed E-state index contributed by atoms with van der Waals surface area (Å²) in [4.78, 5) is 16.2. The van der Waals surface area contributed by atoms with Crippen LogP contribution in [0.4, 0.5) is 0 Å². The number of rotatable bonds is 6. The van der Waals surface area contributed by atoms with E-state index >= 15 is 0 Å². The number of nitrogens with zero attached hydrogens (tertiary/aromatic N) is 1. The molecule has 4 heteroatoms. The third-order valence-corrected chi connectivity index (χ3v) is 3.31. The number of aryl methyl sites for hydroxylation is 1. The molecule has 0 spiro atoms. The average Bonchev–Trinajstić information content (AvgIpc) is 2.54. The van der Waals surface area contributed by atoms with Crippen molar-refractivity contribution in [2.75, 3.05) is 7.11 Å². The lowest BCUT2D eigenvalue weighted by Crippen LogP contribution is -2.27. The predicted molar refractivity (Wildman–Crippen MR) is 82.1 cm³/mol. The van der Waals surface area contributed by atoms with Gasteiger partial charge in [0.15, 0.2) is 0 Å². The molecule has 1 amide bonds. The number of aromatic nitrogens is 1. The third kappa shape index (κ3) is 4.60. The number of pyridine rings is 1. The zero-order valence-electron chi connectivity index (χ0n) is 12.4. The third-order valence-electron chi connectivity index (χ3n) is 3.31. The van der Waals surface area contributed by atoms with Crippen molar-refractivity contribution in [3.05, 3.63) is 59.9 Å². The molecule has 0 bridgehead atoms. The van der Waals surface area contributed by atoms with Gasteiger partial charge >= 0.3 is 0 Å². The van der Waals surface area contributed by atoms with Crippen molar-refractivity contribution in [2.24, 2.45) is 0 Å². The van der Waals surface area contributed by atoms with Crippen LogP contribution in [0.25, 0.3) is 0 Å². The fourth-order valence-corrected chi connectivity index (χ4v) is 2.07. The zero-order chi connectivity index (χ0) is 15.1. The smallest absolute Gasteiger partial charge is 0.220 e. The number of hydrogen-bond donors (Lipinski definition) is 1. The molecule has 0 saturated heterocycles. The van der Waals surface area contributed by atoms with E-state index in [0.29, 0.717) is 12.8 Å². The molecule has 1 aromatic carbocycles. The SMILES string of the molecule is COc1ccc(CCC(=O)N[C@H](C)c2ccccn2)cc1.